The van der Waals surface area contributed by atoms with Crippen LogP contribution in [-0.2, 0) is 17.9 Å². The number of carbonyl (C=O) groups is 1. The molecule has 1 aliphatic carbocycles. The molecule has 1 aromatic heterocycles. The Bertz CT molecular complexity index is 462. The lowest BCUT2D eigenvalue weighted by atomic mass is 10.2. The summed E-state index contributed by atoms with van der Waals surface area (Å²) >= 11 is 0. The van der Waals surface area contributed by atoms with Crippen molar-refractivity contribution in [1.82, 2.24) is 20.0 Å². The standard InChI is InChI=1S/C14H24N4O/c1-5-17(12-6-7-12)14(19)9-18-11(3)13(8-15-4)10(2)16-18/h12,15H,5-9H2,1-4H3. The van der Waals surface area contributed by atoms with E-state index in [1.54, 1.807) is 0 Å². The molecule has 0 aromatic carbocycles. The molecule has 1 saturated carbocycles. The van der Waals surface area contributed by atoms with Crippen molar-refractivity contribution in [3.05, 3.63) is 17.0 Å². The Balaban J connectivity index is 2.10. The van der Waals surface area contributed by atoms with Crippen LogP contribution in [0.25, 0.3) is 0 Å². The predicted molar refractivity (Wildman–Crippen MR) is 74.9 cm³/mol. The Morgan fingerprint density at radius 3 is 2.68 bits per heavy atom. The van der Waals surface area contributed by atoms with E-state index in [9.17, 15) is 4.79 Å². The van der Waals surface area contributed by atoms with Gasteiger partial charge in [0.05, 0.1) is 5.69 Å². The lowest BCUT2D eigenvalue weighted by molar-refractivity contribution is -0.132. The summed E-state index contributed by atoms with van der Waals surface area (Å²) in [5.41, 5.74) is 3.30. The molecule has 1 heterocycles. The van der Waals surface area contributed by atoms with E-state index in [4.69, 9.17) is 0 Å². The highest BCUT2D eigenvalue weighted by molar-refractivity contribution is 5.76. The van der Waals surface area contributed by atoms with Crippen LogP contribution in [-0.4, -0.2) is 40.2 Å². The molecule has 19 heavy (non-hydrogen) atoms. The zero-order valence-electron chi connectivity index (χ0n) is 12.4. The molecule has 5 heteroatoms. The first-order valence-corrected chi connectivity index (χ1v) is 7.05. The number of aromatic nitrogens is 2. The van der Waals surface area contributed by atoms with E-state index >= 15 is 0 Å². The van der Waals surface area contributed by atoms with Gasteiger partial charge in [-0.1, -0.05) is 0 Å². The van der Waals surface area contributed by atoms with E-state index in [1.165, 1.54) is 5.56 Å². The fourth-order valence-electron chi connectivity index (χ4n) is 2.56. The molecule has 0 radical (unpaired) electrons. The third kappa shape index (κ3) is 2.97. The van der Waals surface area contributed by atoms with Gasteiger partial charge in [0.15, 0.2) is 0 Å². The van der Waals surface area contributed by atoms with Crippen LogP contribution < -0.4 is 5.32 Å². The average Bonchev–Trinajstić information content (AvgIpc) is 3.15. The first-order chi connectivity index (χ1) is 9.08. The second-order valence-corrected chi connectivity index (χ2v) is 5.25. The Hall–Kier alpha value is -1.36. The molecule has 0 aliphatic heterocycles. The van der Waals surface area contributed by atoms with E-state index in [2.05, 4.69) is 10.4 Å². The van der Waals surface area contributed by atoms with Gasteiger partial charge in [0.25, 0.3) is 0 Å². The lowest BCUT2D eigenvalue weighted by Crippen LogP contribution is -2.36. The zero-order chi connectivity index (χ0) is 14.0. The summed E-state index contributed by atoms with van der Waals surface area (Å²) in [5, 5.41) is 7.64. The highest BCUT2D eigenvalue weighted by Gasteiger charge is 2.31. The SMILES string of the molecule is CCN(C(=O)Cn1nc(C)c(CNC)c1C)C1CC1. The summed E-state index contributed by atoms with van der Waals surface area (Å²) in [6, 6.07) is 0.478. The minimum absolute atomic E-state index is 0.187. The van der Waals surface area contributed by atoms with Crippen molar-refractivity contribution in [3.63, 3.8) is 0 Å². The summed E-state index contributed by atoms with van der Waals surface area (Å²) in [6.45, 7) is 8.04. The van der Waals surface area contributed by atoms with Crippen molar-refractivity contribution in [1.29, 1.82) is 0 Å². The number of nitrogens with zero attached hydrogens (tertiary/aromatic N) is 3. The number of amides is 1. The molecule has 0 atom stereocenters. The smallest absolute Gasteiger partial charge is 0.244 e. The van der Waals surface area contributed by atoms with Crippen molar-refractivity contribution in [2.45, 2.75) is 52.7 Å². The fraction of sp³-hybridized carbons (Fsp3) is 0.714. The van der Waals surface area contributed by atoms with E-state index in [1.807, 2.05) is 37.4 Å². The maximum atomic E-state index is 12.3. The largest absolute Gasteiger partial charge is 0.338 e. The van der Waals surface area contributed by atoms with E-state index < -0.39 is 0 Å². The second kappa shape index (κ2) is 5.74. The summed E-state index contributed by atoms with van der Waals surface area (Å²) in [6.07, 6.45) is 2.31. The molecule has 5 nitrogen and oxygen atoms in total. The van der Waals surface area contributed by atoms with Crippen LogP contribution in [0.4, 0.5) is 0 Å². The van der Waals surface area contributed by atoms with E-state index in [-0.39, 0.29) is 5.91 Å². The maximum Gasteiger partial charge on any atom is 0.244 e. The molecular weight excluding hydrogens is 240 g/mol. The van der Waals surface area contributed by atoms with Gasteiger partial charge in [-0.05, 0) is 40.7 Å². The van der Waals surface area contributed by atoms with Gasteiger partial charge >= 0.3 is 0 Å². The Labute approximate surface area is 115 Å². The maximum absolute atomic E-state index is 12.3. The van der Waals surface area contributed by atoms with Gasteiger partial charge in [0, 0.05) is 30.4 Å². The topological polar surface area (TPSA) is 50.2 Å². The first-order valence-electron chi connectivity index (χ1n) is 7.05. The molecule has 1 aliphatic rings. The van der Waals surface area contributed by atoms with Crippen molar-refractivity contribution in [3.8, 4) is 0 Å². The molecule has 0 unspecified atom stereocenters. The quantitative estimate of drug-likeness (QED) is 0.841. The monoisotopic (exact) mass is 264 g/mol. The van der Waals surface area contributed by atoms with Gasteiger partial charge in [-0.25, -0.2) is 0 Å². The minimum Gasteiger partial charge on any atom is -0.338 e. The average molecular weight is 264 g/mol. The molecule has 1 fully saturated rings. The van der Waals surface area contributed by atoms with Crippen molar-refractivity contribution < 1.29 is 4.79 Å². The molecule has 106 valence electrons. The minimum atomic E-state index is 0.187. The molecule has 0 bridgehead atoms. The Kier molecular flexibility index (Phi) is 4.24. The van der Waals surface area contributed by atoms with Crippen LogP contribution in [0.15, 0.2) is 0 Å². The highest BCUT2D eigenvalue weighted by Crippen LogP contribution is 2.26. The van der Waals surface area contributed by atoms with Crippen molar-refractivity contribution >= 4 is 5.91 Å². The molecule has 0 spiro atoms. The number of rotatable bonds is 6. The van der Waals surface area contributed by atoms with Crippen LogP contribution >= 0.6 is 0 Å². The molecule has 2 rings (SSSR count). The summed E-state index contributed by atoms with van der Waals surface area (Å²) in [7, 11) is 1.92. The third-order valence-corrected chi connectivity index (χ3v) is 3.82. The fourth-order valence-corrected chi connectivity index (χ4v) is 2.56. The van der Waals surface area contributed by atoms with Crippen LogP contribution in [0.2, 0.25) is 0 Å². The molecule has 1 amide bonds. The number of hydrogen-bond donors (Lipinski definition) is 1. The van der Waals surface area contributed by atoms with Crippen molar-refractivity contribution in [2.24, 2.45) is 0 Å². The number of nitrogens with one attached hydrogen (secondary N) is 1. The van der Waals surface area contributed by atoms with Gasteiger partial charge in [0.2, 0.25) is 5.91 Å². The van der Waals surface area contributed by atoms with Crippen LogP contribution in [0, 0.1) is 13.8 Å². The normalized spacial score (nSPS) is 14.7. The first kappa shape index (κ1) is 14.1. The highest BCUT2D eigenvalue weighted by atomic mass is 16.2. The van der Waals surface area contributed by atoms with Gasteiger partial charge in [0.1, 0.15) is 6.54 Å². The number of likely N-dealkylation sites (N-methyl/N-ethyl adjacent to an activating group) is 1. The van der Waals surface area contributed by atoms with Crippen LogP contribution in [0.1, 0.15) is 36.7 Å². The van der Waals surface area contributed by atoms with Crippen LogP contribution in [0.5, 0.6) is 0 Å². The number of carbonyl (C=O) groups excluding carboxylic acids is 1. The number of aryl methyl sites for hydroxylation is 1. The van der Waals surface area contributed by atoms with Gasteiger partial charge in [-0.3, -0.25) is 9.48 Å². The van der Waals surface area contributed by atoms with Gasteiger partial charge in [-0.15, -0.1) is 0 Å². The lowest BCUT2D eigenvalue weighted by Gasteiger charge is -2.20. The molecule has 0 saturated heterocycles. The molecular formula is C14H24N4O. The van der Waals surface area contributed by atoms with E-state index in [0.29, 0.717) is 12.6 Å². The third-order valence-electron chi connectivity index (χ3n) is 3.82. The summed E-state index contributed by atoms with van der Waals surface area (Å²) in [4.78, 5) is 14.3. The van der Waals surface area contributed by atoms with Gasteiger partial charge < -0.3 is 10.2 Å². The predicted octanol–water partition coefficient (Wildman–Crippen LogP) is 1.23. The molecule has 1 N–H and O–H groups in total. The van der Waals surface area contributed by atoms with E-state index in [0.717, 1.165) is 37.3 Å². The number of hydrogen-bond acceptors (Lipinski definition) is 3. The molecule has 1 aromatic rings. The summed E-state index contributed by atoms with van der Waals surface area (Å²) in [5.74, 6) is 0.187. The second-order valence-electron chi connectivity index (χ2n) is 5.25. The Morgan fingerprint density at radius 2 is 2.16 bits per heavy atom. The van der Waals surface area contributed by atoms with Crippen molar-refractivity contribution in [2.75, 3.05) is 13.6 Å². The zero-order valence-corrected chi connectivity index (χ0v) is 12.4. The van der Waals surface area contributed by atoms with Gasteiger partial charge in [-0.2, -0.15) is 5.10 Å². The summed E-state index contributed by atoms with van der Waals surface area (Å²) < 4.78 is 1.84. The Morgan fingerprint density at radius 1 is 1.47 bits per heavy atom. The van der Waals surface area contributed by atoms with Crippen LogP contribution in [0.3, 0.4) is 0 Å².